The van der Waals surface area contributed by atoms with Gasteiger partial charge in [-0.1, -0.05) is 6.07 Å². The van der Waals surface area contributed by atoms with Gasteiger partial charge in [0, 0.05) is 6.54 Å². The molecule has 0 bridgehead atoms. The Hall–Kier alpha value is -1.88. The van der Waals surface area contributed by atoms with Crippen LogP contribution in [-0.2, 0) is 6.54 Å². The lowest BCUT2D eigenvalue weighted by Gasteiger charge is -2.14. The maximum atomic E-state index is 11.2. The molecule has 0 aliphatic carbocycles. The number of fused-ring (bicyclic) bond motifs is 1. The molecule has 3 rings (SSSR count). The van der Waals surface area contributed by atoms with Crippen LogP contribution in [0.2, 0.25) is 0 Å². The van der Waals surface area contributed by atoms with Crippen molar-refractivity contribution in [2.24, 2.45) is 0 Å². The van der Waals surface area contributed by atoms with E-state index in [1.54, 1.807) is 18.5 Å². The number of carbonyl (C=O) groups is 1. The number of aromatic nitrogens is 2. The molecular weight excluding hydrogens is 254 g/mol. The SMILES string of the molecule is O=C(O)c1cccc2c1ncn2CCCN1CCCC1. The van der Waals surface area contributed by atoms with Crippen LogP contribution in [0.1, 0.15) is 29.6 Å². The average Bonchev–Trinajstić information content (AvgIpc) is 3.08. The number of aryl methyl sites for hydroxylation is 1. The van der Waals surface area contributed by atoms with Crippen molar-refractivity contribution in [3.63, 3.8) is 0 Å². The van der Waals surface area contributed by atoms with Crippen LogP contribution in [0.4, 0.5) is 0 Å². The molecule has 1 aliphatic rings. The molecule has 20 heavy (non-hydrogen) atoms. The molecule has 1 aromatic heterocycles. The second kappa shape index (κ2) is 5.63. The van der Waals surface area contributed by atoms with E-state index < -0.39 is 5.97 Å². The molecule has 1 aromatic carbocycles. The van der Waals surface area contributed by atoms with Gasteiger partial charge in [-0.25, -0.2) is 9.78 Å². The lowest BCUT2D eigenvalue weighted by molar-refractivity contribution is 0.0699. The number of nitrogens with zero attached hydrogens (tertiary/aromatic N) is 3. The Balaban J connectivity index is 1.72. The van der Waals surface area contributed by atoms with Crippen LogP contribution < -0.4 is 0 Å². The first kappa shape index (κ1) is 13.1. The van der Waals surface area contributed by atoms with Gasteiger partial charge in [-0.2, -0.15) is 0 Å². The standard InChI is InChI=1S/C15H19N3O2/c19-15(20)12-5-3-6-13-14(12)16-11-18(13)10-4-9-17-7-1-2-8-17/h3,5-6,11H,1-2,4,7-10H2,(H,19,20). The van der Waals surface area contributed by atoms with Crippen LogP contribution in [-0.4, -0.2) is 45.2 Å². The molecule has 5 nitrogen and oxygen atoms in total. The number of aromatic carboxylic acids is 1. The van der Waals surface area contributed by atoms with Crippen molar-refractivity contribution in [1.82, 2.24) is 14.5 Å². The third kappa shape index (κ3) is 2.54. The van der Waals surface area contributed by atoms with Crippen molar-refractivity contribution >= 4 is 17.0 Å². The molecule has 1 aliphatic heterocycles. The first-order valence-electron chi connectivity index (χ1n) is 7.15. The molecule has 1 fully saturated rings. The van der Waals surface area contributed by atoms with Crippen LogP contribution in [0, 0.1) is 0 Å². The predicted molar refractivity (Wildman–Crippen MR) is 77.0 cm³/mol. The van der Waals surface area contributed by atoms with E-state index in [1.807, 2.05) is 6.07 Å². The highest BCUT2D eigenvalue weighted by atomic mass is 16.4. The molecule has 1 N–H and O–H groups in total. The molecule has 2 heterocycles. The molecule has 0 radical (unpaired) electrons. The Bertz CT molecular complexity index is 615. The van der Waals surface area contributed by atoms with E-state index >= 15 is 0 Å². The number of imidazole rings is 1. The summed E-state index contributed by atoms with van der Waals surface area (Å²) >= 11 is 0. The van der Waals surface area contributed by atoms with E-state index in [0.29, 0.717) is 5.52 Å². The third-order valence-corrected chi connectivity index (χ3v) is 3.95. The quantitative estimate of drug-likeness (QED) is 0.907. The minimum Gasteiger partial charge on any atom is -0.478 e. The fourth-order valence-corrected chi connectivity index (χ4v) is 2.91. The van der Waals surface area contributed by atoms with Crippen LogP contribution >= 0.6 is 0 Å². The van der Waals surface area contributed by atoms with Gasteiger partial charge in [-0.05, 0) is 51.0 Å². The van der Waals surface area contributed by atoms with E-state index in [1.165, 1.54) is 25.9 Å². The van der Waals surface area contributed by atoms with Gasteiger partial charge >= 0.3 is 5.97 Å². The molecule has 0 saturated carbocycles. The first-order chi connectivity index (χ1) is 9.75. The smallest absolute Gasteiger partial charge is 0.337 e. The van der Waals surface area contributed by atoms with Crippen molar-refractivity contribution < 1.29 is 9.90 Å². The van der Waals surface area contributed by atoms with Crippen molar-refractivity contribution in [2.75, 3.05) is 19.6 Å². The third-order valence-electron chi connectivity index (χ3n) is 3.95. The van der Waals surface area contributed by atoms with Gasteiger partial charge in [0.15, 0.2) is 0 Å². The van der Waals surface area contributed by atoms with Crippen molar-refractivity contribution in [2.45, 2.75) is 25.8 Å². The second-order valence-corrected chi connectivity index (χ2v) is 5.32. The normalized spacial score (nSPS) is 16.0. The van der Waals surface area contributed by atoms with E-state index in [4.69, 9.17) is 5.11 Å². The zero-order valence-electron chi connectivity index (χ0n) is 11.5. The molecule has 106 valence electrons. The monoisotopic (exact) mass is 273 g/mol. The second-order valence-electron chi connectivity index (χ2n) is 5.32. The summed E-state index contributed by atoms with van der Waals surface area (Å²) < 4.78 is 2.05. The van der Waals surface area contributed by atoms with Crippen LogP contribution in [0.3, 0.4) is 0 Å². The van der Waals surface area contributed by atoms with E-state index in [-0.39, 0.29) is 5.56 Å². The Morgan fingerprint density at radius 1 is 1.25 bits per heavy atom. The fourth-order valence-electron chi connectivity index (χ4n) is 2.91. The van der Waals surface area contributed by atoms with E-state index in [0.717, 1.165) is 25.0 Å². The topological polar surface area (TPSA) is 58.4 Å². The Labute approximate surface area is 117 Å². The molecule has 0 spiro atoms. The fraction of sp³-hybridized carbons (Fsp3) is 0.467. The molecule has 0 atom stereocenters. The first-order valence-corrected chi connectivity index (χ1v) is 7.15. The summed E-state index contributed by atoms with van der Waals surface area (Å²) in [5, 5.41) is 9.16. The summed E-state index contributed by atoms with van der Waals surface area (Å²) in [5.74, 6) is -0.919. The summed E-state index contributed by atoms with van der Waals surface area (Å²) in [6, 6.07) is 5.32. The molecule has 2 aromatic rings. The van der Waals surface area contributed by atoms with E-state index in [9.17, 15) is 4.79 Å². The van der Waals surface area contributed by atoms with Gasteiger partial charge in [-0.15, -0.1) is 0 Å². The zero-order chi connectivity index (χ0) is 13.9. The maximum absolute atomic E-state index is 11.2. The average molecular weight is 273 g/mol. The number of carboxylic acid groups (broad SMARTS) is 1. The Kier molecular flexibility index (Phi) is 3.69. The van der Waals surface area contributed by atoms with Gasteiger partial charge in [0.25, 0.3) is 0 Å². The molecule has 5 heteroatoms. The van der Waals surface area contributed by atoms with Gasteiger partial charge in [-0.3, -0.25) is 0 Å². The Morgan fingerprint density at radius 2 is 2.05 bits per heavy atom. The highest BCUT2D eigenvalue weighted by Crippen LogP contribution is 2.18. The summed E-state index contributed by atoms with van der Waals surface area (Å²) in [6.45, 7) is 4.43. The summed E-state index contributed by atoms with van der Waals surface area (Å²) in [7, 11) is 0. The maximum Gasteiger partial charge on any atom is 0.337 e. The highest BCUT2D eigenvalue weighted by Gasteiger charge is 2.13. The van der Waals surface area contributed by atoms with Crippen LogP contribution in [0.15, 0.2) is 24.5 Å². The number of carboxylic acids is 1. The van der Waals surface area contributed by atoms with Crippen molar-refractivity contribution in [3.05, 3.63) is 30.1 Å². The van der Waals surface area contributed by atoms with Crippen LogP contribution in [0.5, 0.6) is 0 Å². The van der Waals surface area contributed by atoms with Gasteiger partial charge in [0.1, 0.15) is 5.52 Å². The molecule has 1 saturated heterocycles. The van der Waals surface area contributed by atoms with E-state index in [2.05, 4.69) is 14.5 Å². The van der Waals surface area contributed by atoms with Crippen molar-refractivity contribution in [1.29, 1.82) is 0 Å². The number of likely N-dealkylation sites (tertiary alicyclic amines) is 1. The zero-order valence-corrected chi connectivity index (χ0v) is 11.5. The largest absolute Gasteiger partial charge is 0.478 e. The predicted octanol–water partition coefficient (Wildman–Crippen LogP) is 2.22. The molecule has 0 unspecified atom stereocenters. The minimum absolute atomic E-state index is 0.279. The van der Waals surface area contributed by atoms with Gasteiger partial charge in [0.05, 0.1) is 17.4 Å². The number of hydrogen-bond donors (Lipinski definition) is 1. The Morgan fingerprint density at radius 3 is 2.80 bits per heavy atom. The van der Waals surface area contributed by atoms with Crippen LogP contribution in [0.25, 0.3) is 11.0 Å². The summed E-state index contributed by atoms with van der Waals surface area (Å²) in [4.78, 5) is 17.9. The lowest BCUT2D eigenvalue weighted by atomic mass is 10.2. The number of benzene rings is 1. The number of hydrogen-bond acceptors (Lipinski definition) is 3. The lowest BCUT2D eigenvalue weighted by Crippen LogP contribution is -2.21. The number of rotatable bonds is 5. The van der Waals surface area contributed by atoms with Crippen molar-refractivity contribution in [3.8, 4) is 0 Å². The minimum atomic E-state index is -0.919. The molecule has 0 amide bonds. The number of para-hydroxylation sites is 1. The summed E-state index contributed by atoms with van der Waals surface area (Å²) in [5.41, 5.74) is 1.77. The van der Waals surface area contributed by atoms with Gasteiger partial charge in [0.2, 0.25) is 0 Å². The highest BCUT2D eigenvalue weighted by molar-refractivity contribution is 6.00. The van der Waals surface area contributed by atoms with Gasteiger partial charge < -0.3 is 14.6 Å². The summed E-state index contributed by atoms with van der Waals surface area (Å²) in [6.07, 6.45) is 5.45. The molecular formula is C15H19N3O2.